The predicted molar refractivity (Wildman–Crippen MR) is 96.9 cm³/mol. The molecule has 3 heterocycles. The number of carboxylic acid groups (broad SMARTS) is 1. The first-order valence-corrected chi connectivity index (χ1v) is 9.52. The van der Waals surface area contributed by atoms with E-state index < -0.39 is 12.0 Å². The Morgan fingerprint density at radius 1 is 1.40 bits per heavy atom. The number of aromatic nitrogens is 1. The van der Waals surface area contributed by atoms with Crippen LogP contribution in [0.15, 0.2) is 6.07 Å². The SMILES string of the molecule is CC1CCc2nc3sc(C(=O)N4CCCC4C(=O)O)c(N)c3cc2C1. The standard InChI is InChI=1S/C18H21N3O3S/c1-9-4-5-12-10(7-9)8-11-14(19)15(25-16(11)20-12)17(22)21-6-2-3-13(21)18(23)24/h8-9,13H,2-7,19H2,1H3,(H,23,24). The van der Waals surface area contributed by atoms with Crippen molar-refractivity contribution in [1.29, 1.82) is 0 Å². The van der Waals surface area contributed by atoms with Crippen LogP contribution in [-0.2, 0) is 17.6 Å². The number of amides is 1. The molecule has 1 amide bonds. The Morgan fingerprint density at radius 3 is 2.96 bits per heavy atom. The number of nitrogens with zero attached hydrogens (tertiary/aromatic N) is 2. The Kier molecular flexibility index (Phi) is 3.91. The summed E-state index contributed by atoms with van der Waals surface area (Å²) in [5, 5.41) is 10.1. The molecule has 132 valence electrons. The summed E-state index contributed by atoms with van der Waals surface area (Å²) in [6.07, 6.45) is 4.28. The monoisotopic (exact) mass is 359 g/mol. The second-order valence-corrected chi connectivity index (χ2v) is 8.13. The van der Waals surface area contributed by atoms with Gasteiger partial charge in [0.15, 0.2) is 0 Å². The molecular weight excluding hydrogens is 338 g/mol. The lowest BCUT2D eigenvalue weighted by molar-refractivity contribution is -0.141. The Labute approximate surface area is 149 Å². The quantitative estimate of drug-likeness (QED) is 0.859. The maximum atomic E-state index is 12.9. The third-order valence-corrected chi connectivity index (χ3v) is 6.43. The van der Waals surface area contributed by atoms with Gasteiger partial charge in [-0.3, -0.25) is 4.79 Å². The molecule has 25 heavy (non-hydrogen) atoms. The average Bonchev–Trinajstić information content (AvgIpc) is 3.18. The zero-order valence-electron chi connectivity index (χ0n) is 14.1. The zero-order valence-corrected chi connectivity index (χ0v) is 14.9. The minimum Gasteiger partial charge on any atom is -0.480 e. The van der Waals surface area contributed by atoms with E-state index in [1.165, 1.54) is 21.8 Å². The van der Waals surface area contributed by atoms with E-state index in [0.29, 0.717) is 35.9 Å². The summed E-state index contributed by atoms with van der Waals surface area (Å²) < 4.78 is 0. The molecule has 1 aliphatic heterocycles. The number of carboxylic acids is 1. The Hall–Kier alpha value is -2.15. The smallest absolute Gasteiger partial charge is 0.326 e. The molecule has 1 aliphatic carbocycles. The maximum Gasteiger partial charge on any atom is 0.326 e. The number of fused-ring (bicyclic) bond motifs is 2. The number of carbonyl (C=O) groups is 2. The minimum atomic E-state index is -0.951. The van der Waals surface area contributed by atoms with Crippen LogP contribution in [0.25, 0.3) is 10.2 Å². The molecule has 2 aromatic heterocycles. The number of aryl methyl sites for hydroxylation is 1. The fraction of sp³-hybridized carbons (Fsp3) is 0.500. The second-order valence-electron chi connectivity index (χ2n) is 7.13. The summed E-state index contributed by atoms with van der Waals surface area (Å²) in [6.45, 7) is 2.70. The number of nitrogens with two attached hydrogens (primary N) is 1. The molecule has 0 radical (unpaired) electrons. The van der Waals surface area contributed by atoms with Crippen LogP contribution in [0.2, 0.25) is 0 Å². The molecule has 2 unspecified atom stereocenters. The van der Waals surface area contributed by atoms with E-state index in [1.807, 2.05) is 0 Å². The van der Waals surface area contributed by atoms with E-state index in [2.05, 4.69) is 13.0 Å². The van der Waals surface area contributed by atoms with Crippen LogP contribution in [0.1, 0.15) is 47.1 Å². The van der Waals surface area contributed by atoms with Crippen LogP contribution >= 0.6 is 11.3 Å². The molecule has 6 nitrogen and oxygen atoms in total. The second kappa shape index (κ2) is 5.98. The summed E-state index contributed by atoms with van der Waals surface area (Å²) >= 11 is 1.29. The molecule has 2 aromatic rings. The minimum absolute atomic E-state index is 0.281. The molecule has 0 saturated carbocycles. The fourth-order valence-corrected chi connectivity index (χ4v) is 4.98. The predicted octanol–water partition coefficient (Wildman–Crippen LogP) is 2.69. The van der Waals surface area contributed by atoms with Gasteiger partial charge < -0.3 is 15.7 Å². The van der Waals surface area contributed by atoms with Gasteiger partial charge in [-0.25, -0.2) is 9.78 Å². The Morgan fingerprint density at radius 2 is 2.20 bits per heavy atom. The van der Waals surface area contributed by atoms with Crippen molar-refractivity contribution < 1.29 is 14.7 Å². The molecule has 2 aliphatic rings. The van der Waals surface area contributed by atoms with Crippen LogP contribution in [0.4, 0.5) is 5.69 Å². The summed E-state index contributed by atoms with van der Waals surface area (Å²) in [5.74, 6) is -0.599. The molecule has 0 aromatic carbocycles. The number of carbonyl (C=O) groups excluding carboxylic acids is 1. The first-order chi connectivity index (χ1) is 12.0. The molecular formula is C18H21N3O3S. The summed E-state index contributed by atoms with van der Waals surface area (Å²) in [7, 11) is 0. The van der Waals surface area contributed by atoms with Gasteiger partial charge in [0.1, 0.15) is 15.7 Å². The molecule has 4 rings (SSSR count). The van der Waals surface area contributed by atoms with Gasteiger partial charge in [-0.15, -0.1) is 11.3 Å². The van der Waals surface area contributed by atoms with Gasteiger partial charge in [-0.05, 0) is 49.7 Å². The van der Waals surface area contributed by atoms with Crippen LogP contribution in [0.5, 0.6) is 0 Å². The van der Waals surface area contributed by atoms with E-state index in [0.717, 1.165) is 35.2 Å². The summed E-state index contributed by atoms with van der Waals surface area (Å²) in [6, 6.07) is 1.33. The highest BCUT2D eigenvalue weighted by Crippen LogP contribution is 2.37. The van der Waals surface area contributed by atoms with Crippen molar-refractivity contribution in [1.82, 2.24) is 9.88 Å². The van der Waals surface area contributed by atoms with Crippen molar-refractivity contribution >= 4 is 39.1 Å². The Balaban J connectivity index is 1.74. The van der Waals surface area contributed by atoms with Crippen molar-refractivity contribution in [2.45, 2.75) is 45.1 Å². The highest BCUT2D eigenvalue weighted by Gasteiger charge is 2.36. The van der Waals surface area contributed by atoms with Gasteiger partial charge >= 0.3 is 5.97 Å². The number of hydrogen-bond acceptors (Lipinski definition) is 5. The van der Waals surface area contributed by atoms with Crippen LogP contribution in [0.3, 0.4) is 0 Å². The van der Waals surface area contributed by atoms with E-state index >= 15 is 0 Å². The van der Waals surface area contributed by atoms with E-state index in [9.17, 15) is 14.7 Å². The first-order valence-electron chi connectivity index (χ1n) is 8.70. The molecule has 3 N–H and O–H groups in total. The van der Waals surface area contributed by atoms with E-state index in [-0.39, 0.29) is 5.91 Å². The largest absolute Gasteiger partial charge is 0.480 e. The van der Waals surface area contributed by atoms with Gasteiger partial charge in [-0.2, -0.15) is 0 Å². The van der Waals surface area contributed by atoms with Gasteiger partial charge in [0.25, 0.3) is 5.91 Å². The topological polar surface area (TPSA) is 96.5 Å². The van der Waals surface area contributed by atoms with Gasteiger partial charge in [-0.1, -0.05) is 6.92 Å². The number of thiophene rings is 1. The third-order valence-electron chi connectivity index (χ3n) is 5.32. The number of hydrogen-bond donors (Lipinski definition) is 2. The van der Waals surface area contributed by atoms with Crippen LogP contribution < -0.4 is 5.73 Å². The van der Waals surface area contributed by atoms with Crippen molar-refractivity contribution in [3.8, 4) is 0 Å². The zero-order chi connectivity index (χ0) is 17.7. The molecule has 0 spiro atoms. The van der Waals surface area contributed by atoms with Gasteiger partial charge in [0.2, 0.25) is 0 Å². The third kappa shape index (κ3) is 2.66. The molecule has 1 saturated heterocycles. The highest BCUT2D eigenvalue weighted by molar-refractivity contribution is 7.21. The molecule has 2 atom stereocenters. The van der Waals surface area contributed by atoms with Crippen molar-refractivity contribution in [2.75, 3.05) is 12.3 Å². The normalized spacial score (nSPS) is 23.0. The van der Waals surface area contributed by atoms with Crippen molar-refractivity contribution in [3.63, 3.8) is 0 Å². The number of nitrogen functional groups attached to an aromatic ring is 1. The average molecular weight is 359 g/mol. The molecule has 1 fully saturated rings. The fourth-order valence-electron chi connectivity index (χ4n) is 3.93. The number of pyridine rings is 1. The lowest BCUT2D eigenvalue weighted by atomic mass is 9.87. The number of aliphatic carboxylic acids is 1. The maximum absolute atomic E-state index is 12.9. The summed E-state index contributed by atoms with van der Waals surface area (Å²) in [5.41, 5.74) is 9.04. The van der Waals surface area contributed by atoms with Crippen molar-refractivity contribution in [3.05, 3.63) is 22.2 Å². The highest BCUT2D eigenvalue weighted by atomic mass is 32.1. The van der Waals surface area contributed by atoms with Crippen LogP contribution in [-0.4, -0.2) is 39.5 Å². The lowest BCUT2D eigenvalue weighted by Crippen LogP contribution is -2.40. The van der Waals surface area contributed by atoms with Crippen LogP contribution in [0, 0.1) is 5.92 Å². The lowest BCUT2D eigenvalue weighted by Gasteiger charge is -2.20. The number of rotatable bonds is 2. The van der Waals surface area contributed by atoms with Crippen molar-refractivity contribution in [2.24, 2.45) is 5.92 Å². The Bertz CT molecular complexity index is 876. The van der Waals surface area contributed by atoms with Gasteiger partial charge in [0.05, 0.1) is 5.69 Å². The first kappa shape index (κ1) is 16.3. The van der Waals surface area contributed by atoms with E-state index in [1.54, 1.807) is 0 Å². The summed E-state index contributed by atoms with van der Waals surface area (Å²) in [4.78, 5) is 31.6. The van der Waals surface area contributed by atoms with Gasteiger partial charge in [0, 0.05) is 17.6 Å². The molecule has 0 bridgehead atoms. The number of anilines is 1. The van der Waals surface area contributed by atoms with E-state index in [4.69, 9.17) is 10.7 Å². The number of likely N-dealkylation sites (tertiary alicyclic amines) is 1. The molecule has 7 heteroatoms.